The van der Waals surface area contributed by atoms with Crippen LogP contribution in [0, 0.1) is 0 Å². The van der Waals surface area contributed by atoms with Crippen molar-refractivity contribution in [3.63, 3.8) is 0 Å². The summed E-state index contributed by atoms with van der Waals surface area (Å²) in [6.45, 7) is 6.17. The lowest BCUT2D eigenvalue weighted by atomic mass is 9.87. The summed E-state index contributed by atoms with van der Waals surface area (Å²) in [5.41, 5.74) is 1.72. The molecule has 0 saturated heterocycles. The minimum atomic E-state index is -0.122. The van der Waals surface area contributed by atoms with Crippen molar-refractivity contribution in [1.29, 1.82) is 0 Å². The van der Waals surface area contributed by atoms with Crippen LogP contribution in [-0.2, 0) is 5.41 Å². The van der Waals surface area contributed by atoms with Crippen LogP contribution < -0.4 is 0 Å². The molecule has 0 aliphatic rings. The lowest BCUT2D eigenvalue weighted by molar-refractivity contribution is 0.470. The molecular formula is C17H16Br2ClNO2. The summed E-state index contributed by atoms with van der Waals surface area (Å²) in [4.78, 5) is 4.29. The standard InChI is InChI=1S/C17H16Br2ClNO2/c1-17(2,3)10-5-13(20)16(23)14(6-10)21-8-9-4-11(18)7-12(19)15(9)22/h4-8,22-23H,1-3H3. The third-order valence-electron chi connectivity index (χ3n) is 3.31. The van der Waals surface area contributed by atoms with Crippen LogP contribution in [0.1, 0.15) is 31.9 Å². The monoisotopic (exact) mass is 459 g/mol. The first kappa shape index (κ1) is 18.3. The number of hydrogen-bond donors (Lipinski definition) is 2. The average Bonchev–Trinajstić information content (AvgIpc) is 2.43. The highest BCUT2D eigenvalue weighted by Crippen LogP contribution is 2.39. The van der Waals surface area contributed by atoms with Crippen LogP contribution in [0.15, 0.2) is 38.2 Å². The maximum Gasteiger partial charge on any atom is 0.159 e. The zero-order valence-electron chi connectivity index (χ0n) is 12.9. The van der Waals surface area contributed by atoms with Gasteiger partial charge in [0.15, 0.2) is 5.75 Å². The number of phenolic OH excluding ortho intramolecular Hbond substituents is 2. The molecule has 0 atom stereocenters. The Kier molecular flexibility index (Phi) is 5.44. The van der Waals surface area contributed by atoms with Crippen LogP contribution in [0.5, 0.6) is 11.5 Å². The summed E-state index contributed by atoms with van der Waals surface area (Å²) in [5.74, 6) is -0.000943. The molecule has 0 unspecified atom stereocenters. The third kappa shape index (κ3) is 4.28. The largest absolute Gasteiger partial charge is 0.506 e. The van der Waals surface area contributed by atoms with E-state index >= 15 is 0 Å². The molecule has 2 N–H and O–H groups in total. The van der Waals surface area contributed by atoms with Crippen LogP contribution in [0.3, 0.4) is 0 Å². The molecule has 0 aliphatic carbocycles. The first-order valence-electron chi connectivity index (χ1n) is 6.84. The Morgan fingerprint density at radius 3 is 2.30 bits per heavy atom. The number of benzene rings is 2. The molecule has 0 fully saturated rings. The van der Waals surface area contributed by atoms with Crippen molar-refractivity contribution in [1.82, 2.24) is 0 Å². The van der Waals surface area contributed by atoms with E-state index in [9.17, 15) is 10.2 Å². The highest BCUT2D eigenvalue weighted by atomic mass is 79.9. The third-order valence-corrected chi connectivity index (χ3v) is 4.66. The van der Waals surface area contributed by atoms with Gasteiger partial charge in [-0.2, -0.15) is 0 Å². The SMILES string of the molecule is CC(C)(C)c1cc(Cl)c(O)c(N=Cc2cc(Br)cc(Br)c2O)c1. The normalized spacial score (nSPS) is 12.1. The Morgan fingerprint density at radius 1 is 1.04 bits per heavy atom. The zero-order chi connectivity index (χ0) is 17.4. The number of halogens is 3. The van der Waals surface area contributed by atoms with E-state index in [-0.39, 0.29) is 21.9 Å². The predicted octanol–water partition coefficient (Wildman–Crippen LogP) is 6.32. The molecule has 122 valence electrons. The van der Waals surface area contributed by atoms with Crippen molar-refractivity contribution >= 4 is 55.4 Å². The molecule has 0 heterocycles. The molecule has 6 heteroatoms. The van der Waals surface area contributed by atoms with Gasteiger partial charge in [0.25, 0.3) is 0 Å². The maximum atomic E-state index is 10.1. The topological polar surface area (TPSA) is 52.8 Å². The molecule has 2 aromatic rings. The van der Waals surface area contributed by atoms with Crippen LogP contribution in [0.2, 0.25) is 5.02 Å². The molecule has 0 spiro atoms. The minimum absolute atomic E-state index is 0.0783. The van der Waals surface area contributed by atoms with Gasteiger partial charge in [-0.3, -0.25) is 4.99 Å². The second-order valence-corrected chi connectivity index (χ2v) is 8.34. The number of aromatic hydroxyl groups is 2. The fraction of sp³-hybridized carbons (Fsp3) is 0.235. The van der Waals surface area contributed by atoms with E-state index in [0.717, 1.165) is 10.0 Å². The van der Waals surface area contributed by atoms with Gasteiger partial charge in [-0.25, -0.2) is 0 Å². The lowest BCUT2D eigenvalue weighted by Crippen LogP contribution is -2.10. The van der Waals surface area contributed by atoms with Gasteiger partial charge in [-0.15, -0.1) is 0 Å². The molecule has 0 bridgehead atoms. The van der Waals surface area contributed by atoms with Gasteiger partial charge in [0.05, 0.1) is 9.50 Å². The number of aliphatic imine (C=N–C) groups is 1. The minimum Gasteiger partial charge on any atom is -0.506 e. The molecule has 23 heavy (non-hydrogen) atoms. The van der Waals surface area contributed by atoms with Crippen LogP contribution >= 0.6 is 43.5 Å². The summed E-state index contributed by atoms with van der Waals surface area (Å²) < 4.78 is 1.35. The number of phenols is 2. The van der Waals surface area contributed by atoms with Gasteiger partial charge < -0.3 is 10.2 Å². The molecule has 0 aliphatic heterocycles. The highest BCUT2D eigenvalue weighted by Gasteiger charge is 2.18. The summed E-state index contributed by atoms with van der Waals surface area (Å²) in [7, 11) is 0. The fourth-order valence-electron chi connectivity index (χ4n) is 1.94. The van der Waals surface area contributed by atoms with E-state index in [1.54, 1.807) is 24.3 Å². The van der Waals surface area contributed by atoms with E-state index in [1.807, 2.05) is 0 Å². The second kappa shape index (κ2) is 6.83. The van der Waals surface area contributed by atoms with Crippen molar-refractivity contribution in [2.24, 2.45) is 4.99 Å². The number of nitrogens with zero attached hydrogens (tertiary/aromatic N) is 1. The van der Waals surface area contributed by atoms with Gasteiger partial charge >= 0.3 is 0 Å². The van der Waals surface area contributed by atoms with Gasteiger partial charge in [0, 0.05) is 16.3 Å². The molecule has 0 amide bonds. The van der Waals surface area contributed by atoms with Crippen LogP contribution in [0.25, 0.3) is 0 Å². The van der Waals surface area contributed by atoms with Crippen molar-refractivity contribution < 1.29 is 10.2 Å². The van der Waals surface area contributed by atoms with E-state index in [0.29, 0.717) is 15.7 Å². The fourth-order valence-corrected chi connectivity index (χ4v) is 3.41. The molecule has 2 aromatic carbocycles. The van der Waals surface area contributed by atoms with E-state index in [2.05, 4.69) is 57.6 Å². The van der Waals surface area contributed by atoms with E-state index in [1.165, 1.54) is 6.21 Å². The van der Waals surface area contributed by atoms with E-state index in [4.69, 9.17) is 11.6 Å². The molecule has 0 saturated carbocycles. The Hall–Kier alpha value is -1.04. The molecule has 0 radical (unpaired) electrons. The summed E-state index contributed by atoms with van der Waals surface area (Å²) >= 11 is 12.7. The van der Waals surface area contributed by atoms with Crippen molar-refractivity contribution in [3.8, 4) is 11.5 Å². The lowest BCUT2D eigenvalue weighted by Gasteiger charge is -2.20. The average molecular weight is 462 g/mol. The first-order chi connectivity index (χ1) is 10.6. The van der Waals surface area contributed by atoms with Crippen molar-refractivity contribution in [2.75, 3.05) is 0 Å². The summed E-state index contributed by atoms with van der Waals surface area (Å²) in [5, 5.41) is 20.4. The number of hydrogen-bond acceptors (Lipinski definition) is 3. The zero-order valence-corrected chi connectivity index (χ0v) is 16.8. The Labute approximate surface area is 157 Å². The van der Waals surface area contributed by atoms with Gasteiger partial charge in [-0.05, 0) is 51.2 Å². The van der Waals surface area contributed by atoms with Gasteiger partial charge in [-0.1, -0.05) is 48.3 Å². The first-order valence-corrected chi connectivity index (χ1v) is 8.81. The Balaban J connectivity index is 2.50. The quantitative estimate of drug-likeness (QED) is 0.514. The predicted molar refractivity (Wildman–Crippen MR) is 103 cm³/mol. The Bertz CT molecular complexity index is 783. The van der Waals surface area contributed by atoms with Crippen molar-refractivity contribution in [3.05, 3.63) is 49.4 Å². The van der Waals surface area contributed by atoms with Crippen molar-refractivity contribution in [2.45, 2.75) is 26.2 Å². The van der Waals surface area contributed by atoms with Crippen LogP contribution in [-0.4, -0.2) is 16.4 Å². The molecular weight excluding hydrogens is 445 g/mol. The Morgan fingerprint density at radius 2 is 1.70 bits per heavy atom. The second-order valence-electron chi connectivity index (χ2n) is 6.16. The maximum absolute atomic E-state index is 10.1. The van der Waals surface area contributed by atoms with Gasteiger partial charge in [0.2, 0.25) is 0 Å². The molecule has 2 rings (SSSR count). The number of rotatable bonds is 2. The van der Waals surface area contributed by atoms with Crippen LogP contribution in [0.4, 0.5) is 5.69 Å². The summed E-state index contributed by atoms with van der Waals surface area (Å²) in [6, 6.07) is 7.00. The molecule has 0 aromatic heterocycles. The highest BCUT2D eigenvalue weighted by molar-refractivity contribution is 9.11. The smallest absolute Gasteiger partial charge is 0.159 e. The summed E-state index contributed by atoms with van der Waals surface area (Å²) in [6.07, 6.45) is 1.49. The molecule has 3 nitrogen and oxygen atoms in total. The van der Waals surface area contributed by atoms with Gasteiger partial charge in [0.1, 0.15) is 11.4 Å². The van der Waals surface area contributed by atoms with E-state index < -0.39 is 0 Å².